The van der Waals surface area contributed by atoms with Gasteiger partial charge in [-0.25, -0.2) is 4.39 Å². The number of hydrogen-bond donors (Lipinski definition) is 0. The van der Waals surface area contributed by atoms with E-state index in [4.69, 9.17) is 4.74 Å². The molecule has 0 saturated carbocycles. The molecule has 0 spiro atoms. The minimum Gasteiger partial charge on any atom is -0.372 e. The Kier molecular flexibility index (Phi) is 4.28. The highest BCUT2D eigenvalue weighted by atomic mass is 19.1. The minimum atomic E-state index is -0.213. The Bertz CT molecular complexity index is 700. The zero-order valence-electron chi connectivity index (χ0n) is 14.4. The van der Waals surface area contributed by atoms with E-state index < -0.39 is 0 Å². The van der Waals surface area contributed by atoms with E-state index in [2.05, 4.69) is 36.7 Å². The van der Waals surface area contributed by atoms with Crippen molar-refractivity contribution in [3.63, 3.8) is 0 Å². The van der Waals surface area contributed by atoms with E-state index in [1.54, 1.807) is 12.1 Å². The number of piperidine rings is 1. The molecule has 0 atom stereocenters. The van der Waals surface area contributed by atoms with Crippen molar-refractivity contribution in [2.75, 3.05) is 18.0 Å². The second-order valence-electron chi connectivity index (χ2n) is 7.36. The van der Waals surface area contributed by atoms with Crippen LogP contribution in [0.25, 0.3) is 10.9 Å². The summed E-state index contributed by atoms with van der Waals surface area (Å²) in [6.45, 7) is 10.1. The van der Waals surface area contributed by atoms with Gasteiger partial charge in [0.25, 0.3) is 0 Å². The first-order chi connectivity index (χ1) is 10.8. The molecule has 1 aromatic heterocycles. The van der Waals surface area contributed by atoms with E-state index in [0.29, 0.717) is 6.10 Å². The van der Waals surface area contributed by atoms with Gasteiger partial charge in [0.05, 0.1) is 17.2 Å². The Morgan fingerprint density at radius 3 is 2.52 bits per heavy atom. The van der Waals surface area contributed by atoms with Crippen molar-refractivity contribution in [2.24, 2.45) is 0 Å². The van der Waals surface area contributed by atoms with Crippen molar-refractivity contribution in [3.8, 4) is 0 Å². The molecular weight excluding hydrogens is 291 g/mol. The molecule has 0 bridgehead atoms. The van der Waals surface area contributed by atoms with Crippen molar-refractivity contribution < 1.29 is 9.13 Å². The summed E-state index contributed by atoms with van der Waals surface area (Å²) in [4.78, 5) is 6.85. The van der Waals surface area contributed by atoms with Gasteiger partial charge in [-0.05, 0) is 64.8 Å². The highest BCUT2D eigenvalue weighted by molar-refractivity contribution is 5.92. The van der Waals surface area contributed by atoms with Crippen molar-refractivity contribution in [2.45, 2.75) is 52.2 Å². The first kappa shape index (κ1) is 16.2. The highest BCUT2D eigenvalue weighted by Gasteiger charge is 2.25. The van der Waals surface area contributed by atoms with Gasteiger partial charge in [-0.2, -0.15) is 0 Å². The third kappa shape index (κ3) is 3.81. The number of anilines is 1. The Morgan fingerprint density at radius 2 is 1.87 bits per heavy atom. The normalized spacial score (nSPS) is 17.0. The number of nitrogens with zero attached hydrogens (tertiary/aromatic N) is 2. The number of halogens is 1. The molecular formula is C19H25FN2O. The number of rotatable bonds is 2. The lowest BCUT2D eigenvalue weighted by atomic mass is 10.0. The molecule has 0 aliphatic carbocycles. The molecule has 3 nitrogen and oxygen atoms in total. The van der Waals surface area contributed by atoms with Gasteiger partial charge in [0, 0.05) is 29.9 Å². The molecule has 0 N–H and O–H groups in total. The molecule has 124 valence electrons. The fourth-order valence-corrected chi connectivity index (χ4v) is 3.28. The van der Waals surface area contributed by atoms with E-state index in [-0.39, 0.29) is 11.4 Å². The third-order valence-electron chi connectivity index (χ3n) is 4.18. The second kappa shape index (κ2) is 6.08. The minimum absolute atomic E-state index is 0.101. The summed E-state index contributed by atoms with van der Waals surface area (Å²) in [6, 6.07) is 6.89. The van der Waals surface area contributed by atoms with Crippen LogP contribution in [0.3, 0.4) is 0 Å². The lowest BCUT2D eigenvalue weighted by Crippen LogP contribution is -2.40. The van der Waals surface area contributed by atoms with Crippen LogP contribution in [0.15, 0.2) is 24.3 Å². The molecule has 0 unspecified atom stereocenters. The molecule has 1 aromatic carbocycles. The maximum atomic E-state index is 13.7. The standard InChI is InChI=1S/C19H25FN2O/c1-13-11-18(16-12-14(20)5-6-17(16)21-13)22-9-7-15(8-10-22)23-19(2,3)4/h5-6,11-12,15H,7-10H2,1-4H3. The van der Waals surface area contributed by atoms with Crippen LogP contribution >= 0.6 is 0 Å². The second-order valence-corrected chi connectivity index (χ2v) is 7.36. The Labute approximate surface area is 137 Å². The number of aromatic nitrogens is 1. The average molecular weight is 316 g/mol. The van der Waals surface area contributed by atoms with Gasteiger partial charge >= 0.3 is 0 Å². The maximum absolute atomic E-state index is 13.7. The smallest absolute Gasteiger partial charge is 0.124 e. The van der Waals surface area contributed by atoms with Crippen LogP contribution in [0.1, 0.15) is 39.3 Å². The summed E-state index contributed by atoms with van der Waals surface area (Å²) in [5.74, 6) is -0.213. The summed E-state index contributed by atoms with van der Waals surface area (Å²) in [5.41, 5.74) is 2.80. The molecule has 3 rings (SSSR count). The first-order valence-corrected chi connectivity index (χ1v) is 8.31. The van der Waals surface area contributed by atoms with Gasteiger partial charge in [-0.15, -0.1) is 0 Å². The van der Waals surface area contributed by atoms with Gasteiger partial charge in [0.15, 0.2) is 0 Å². The molecule has 0 radical (unpaired) electrons. The van der Waals surface area contributed by atoms with Gasteiger partial charge in [0.1, 0.15) is 5.82 Å². The number of pyridine rings is 1. The van der Waals surface area contributed by atoms with Crippen molar-refractivity contribution in [1.29, 1.82) is 0 Å². The lowest BCUT2D eigenvalue weighted by molar-refractivity contribution is -0.0682. The molecule has 4 heteroatoms. The van der Waals surface area contributed by atoms with E-state index >= 15 is 0 Å². The van der Waals surface area contributed by atoms with Crippen LogP contribution in [0, 0.1) is 12.7 Å². The summed E-state index contributed by atoms with van der Waals surface area (Å²) in [7, 11) is 0. The fraction of sp³-hybridized carbons (Fsp3) is 0.526. The third-order valence-corrected chi connectivity index (χ3v) is 4.18. The lowest BCUT2D eigenvalue weighted by Gasteiger charge is -2.37. The van der Waals surface area contributed by atoms with E-state index in [1.807, 2.05) is 6.92 Å². The van der Waals surface area contributed by atoms with E-state index in [9.17, 15) is 4.39 Å². The fourth-order valence-electron chi connectivity index (χ4n) is 3.28. The van der Waals surface area contributed by atoms with Gasteiger partial charge in [-0.1, -0.05) is 0 Å². The number of fused-ring (bicyclic) bond motifs is 1. The van der Waals surface area contributed by atoms with Crippen molar-refractivity contribution in [1.82, 2.24) is 4.98 Å². The van der Waals surface area contributed by atoms with E-state index in [0.717, 1.165) is 48.2 Å². The zero-order valence-corrected chi connectivity index (χ0v) is 14.4. The molecule has 1 aliphatic heterocycles. The number of aryl methyl sites for hydroxylation is 1. The quantitative estimate of drug-likeness (QED) is 0.817. The predicted molar refractivity (Wildman–Crippen MR) is 92.5 cm³/mol. The van der Waals surface area contributed by atoms with Crippen LogP contribution in [0.4, 0.5) is 10.1 Å². The van der Waals surface area contributed by atoms with Crippen LogP contribution in [0.2, 0.25) is 0 Å². The molecule has 2 aromatic rings. The van der Waals surface area contributed by atoms with Crippen LogP contribution in [0.5, 0.6) is 0 Å². The summed E-state index contributed by atoms with van der Waals surface area (Å²) >= 11 is 0. The highest BCUT2D eigenvalue weighted by Crippen LogP contribution is 2.31. The van der Waals surface area contributed by atoms with Gasteiger partial charge < -0.3 is 9.64 Å². The molecule has 1 saturated heterocycles. The number of ether oxygens (including phenoxy) is 1. The average Bonchev–Trinajstić information content (AvgIpc) is 2.46. The van der Waals surface area contributed by atoms with Crippen LogP contribution in [-0.2, 0) is 4.74 Å². The summed E-state index contributed by atoms with van der Waals surface area (Å²) in [5, 5.41) is 0.894. The largest absolute Gasteiger partial charge is 0.372 e. The Hall–Kier alpha value is -1.68. The molecule has 1 fully saturated rings. The summed E-state index contributed by atoms with van der Waals surface area (Å²) < 4.78 is 19.8. The Balaban J connectivity index is 1.83. The van der Waals surface area contributed by atoms with Crippen molar-refractivity contribution >= 4 is 16.6 Å². The van der Waals surface area contributed by atoms with Crippen LogP contribution < -0.4 is 4.90 Å². The predicted octanol–water partition coefficient (Wildman–Crippen LogP) is 4.47. The van der Waals surface area contributed by atoms with Gasteiger partial charge in [-0.3, -0.25) is 4.98 Å². The van der Waals surface area contributed by atoms with Crippen LogP contribution in [-0.4, -0.2) is 29.8 Å². The topological polar surface area (TPSA) is 25.4 Å². The SMILES string of the molecule is Cc1cc(N2CCC(OC(C)(C)C)CC2)c2cc(F)ccc2n1. The first-order valence-electron chi connectivity index (χ1n) is 8.31. The summed E-state index contributed by atoms with van der Waals surface area (Å²) in [6.07, 6.45) is 2.29. The molecule has 0 amide bonds. The Morgan fingerprint density at radius 1 is 1.17 bits per heavy atom. The van der Waals surface area contributed by atoms with Crippen molar-refractivity contribution in [3.05, 3.63) is 35.8 Å². The molecule has 23 heavy (non-hydrogen) atoms. The molecule has 2 heterocycles. The number of hydrogen-bond acceptors (Lipinski definition) is 3. The number of benzene rings is 1. The molecule has 1 aliphatic rings. The monoisotopic (exact) mass is 316 g/mol. The van der Waals surface area contributed by atoms with Gasteiger partial charge in [0.2, 0.25) is 0 Å². The van der Waals surface area contributed by atoms with E-state index in [1.165, 1.54) is 6.07 Å². The maximum Gasteiger partial charge on any atom is 0.124 e. The zero-order chi connectivity index (χ0) is 16.6.